The van der Waals surface area contributed by atoms with E-state index in [0.29, 0.717) is 13.0 Å². The number of phenols is 1. The number of aromatic hydroxyl groups is 1. The number of phenolic OH excluding ortho intramolecular Hbond substituents is 1. The second-order valence-corrected chi connectivity index (χ2v) is 5.42. The van der Waals surface area contributed by atoms with Gasteiger partial charge in [-0.2, -0.15) is 0 Å². The SMILES string of the molecule is CCOC(=O)CC(C)c1nc(-c2ccc(O)cc2)cs1. The summed E-state index contributed by atoms with van der Waals surface area (Å²) in [5, 5.41) is 12.2. The molecule has 0 amide bonds. The van der Waals surface area contributed by atoms with E-state index in [1.165, 1.54) is 11.3 Å². The zero-order chi connectivity index (χ0) is 14.5. The average Bonchev–Trinajstić information content (AvgIpc) is 2.89. The van der Waals surface area contributed by atoms with Crippen LogP contribution in [0.3, 0.4) is 0 Å². The summed E-state index contributed by atoms with van der Waals surface area (Å²) in [6.07, 6.45) is 0.344. The third-order valence-electron chi connectivity index (χ3n) is 2.88. The molecule has 20 heavy (non-hydrogen) atoms. The van der Waals surface area contributed by atoms with Gasteiger partial charge in [0.05, 0.1) is 23.7 Å². The normalized spacial score (nSPS) is 12.1. The van der Waals surface area contributed by atoms with Gasteiger partial charge >= 0.3 is 5.97 Å². The molecule has 0 saturated heterocycles. The molecule has 1 aromatic heterocycles. The molecule has 0 aliphatic rings. The first-order chi connectivity index (χ1) is 9.60. The molecule has 0 fully saturated rings. The molecule has 1 atom stereocenters. The van der Waals surface area contributed by atoms with Gasteiger partial charge in [0.15, 0.2) is 0 Å². The van der Waals surface area contributed by atoms with Crippen LogP contribution in [0.2, 0.25) is 0 Å². The number of carbonyl (C=O) groups excluding carboxylic acids is 1. The van der Waals surface area contributed by atoms with Gasteiger partial charge in [-0.05, 0) is 31.2 Å². The molecule has 2 rings (SSSR count). The second kappa shape index (κ2) is 6.52. The molecular weight excluding hydrogens is 274 g/mol. The molecule has 0 bridgehead atoms. The summed E-state index contributed by atoms with van der Waals surface area (Å²) in [7, 11) is 0. The van der Waals surface area contributed by atoms with Gasteiger partial charge in [0, 0.05) is 16.9 Å². The van der Waals surface area contributed by atoms with Gasteiger partial charge in [0.2, 0.25) is 0 Å². The van der Waals surface area contributed by atoms with Crippen molar-refractivity contribution in [1.82, 2.24) is 4.98 Å². The molecule has 4 nitrogen and oxygen atoms in total. The zero-order valence-electron chi connectivity index (χ0n) is 11.5. The standard InChI is InChI=1S/C15H17NO3S/c1-3-19-14(18)8-10(2)15-16-13(9-20-15)11-4-6-12(17)7-5-11/h4-7,9-10,17H,3,8H2,1-2H3. The Morgan fingerprint density at radius 1 is 1.40 bits per heavy atom. The molecule has 0 spiro atoms. The van der Waals surface area contributed by atoms with Gasteiger partial charge in [0.1, 0.15) is 5.75 Å². The molecule has 0 radical (unpaired) electrons. The third-order valence-corrected chi connectivity index (χ3v) is 3.96. The maximum absolute atomic E-state index is 11.5. The van der Waals surface area contributed by atoms with Crippen molar-refractivity contribution >= 4 is 17.3 Å². The van der Waals surface area contributed by atoms with Crippen molar-refractivity contribution in [2.75, 3.05) is 6.61 Å². The number of hydrogen-bond donors (Lipinski definition) is 1. The Morgan fingerprint density at radius 3 is 2.75 bits per heavy atom. The van der Waals surface area contributed by atoms with E-state index < -0.39 is 0 Å². The van der Waals surface area contributed by atoms with Gasteiger partial charge in [0.25, 0.3) is 0 Å². The second-order valence-electron chi connectivity index (χ2n) is 4.53. The summed E-state index contributed by atoms with van der Waals surface area (Å²) in [4.78, 5) is 16.0. The summed E-state index contributed by atoms with van der Waals surface area (Å²) in [6, 6.07) is 6.92. The van der Waals surface area contributed by atoms with E-state index in [1.807, 2.05) is 24.4 Å². The highest BCUT2D eigenvalue weighted by atomic mass is 32.1. The largest absolute Gasteiger partial charge is 0.508 e. The number of esters is 1. The Morgan fingerprint density at radius 2 is 2.10 bits per heavy atom. The maximum Gasteiger partial charge on any atom is 0.306 e. The molecule has 0 saturated carbocycles. The monoisotopic (exact) mass is 291 g/mol. The smallest absolute Gasteiger partial charge is 0.306 e. The maximum atomic E-state index is 11.5. The minimum absolute atomic E-state index is 0.0462. The van der Waals surface area contributed by atoms with Gasteiger partial charge < -0.3 is 9.84 Å². The lowest BCUT2D eigenvalue weighted by Gasteiger charge is -2.07. The lowest BCUT2D eigenvalue weighted by atomic mass is 10.1. The Labute approximate surface area is 122 Å². The minimum Gasteiger partial charge on any atom is -0.508 e. The third kappa shape index (κ3) is 3.57. The number of carbonyl (C=O) groups is 1. The highest BCUT2D eigenvalue weighted by Crippen LogP contribution is 2.29. The fourth-order valence-electron chi connectivity index (χ4n) is 1.84. The van der Waals surface area contributed by atoms with E-state index in [2.05, 4.69) is 4.98 Å². The first kappa shape index (κ1) is 14.5. The number of thiazole rings is 1. The van der Waals surface area contributed by atoms with Crippen LogP contribution in [0.15, 0.2) is 29.6 Å². The predicted octanol–water partition coefficient (Wildman–Crippen LogP) is 3.57. The highest BCUT2D eigenvalue weighted by Gasteiger charge is 2.16. The molecule has 1 N–H and O–H groups in total. The highest BCUT2D eigenvalue weighted by molar-refractivity contribution is 7.10. The van der Waals surface area contributed by atoms with Crippen LogP contribution in [-0.4, -0.2) is 22.7 Å². The number of rotatable bonds is 5. The molecule has 1 unspecified atom stereocenters. The van der Waals surface area contributed by atoms with E-state index in [1.54, 1.807) is 19.1 Å². The quantitative estimate of drug-likeness (QED) is 0.855. The predicted molar refractivity (Wildman–Crippen MR) is 78.9 cm³/mol. The zero-order valence-corrected chi connectivity index (χ0v) is 12.3. The Hall–Kier alpha value is -1.88. The molecule has 106 valence electrons. The van der Waals surface area contributed by atoms with Crippen molar-refractivity contribution in [2.45, 2.75) is 26.2 Å². The number of benzene rings is 1. The van der Waals surface area contributed by atoms with E-state index in [0.717, 1.165) is 16.3 Å². The summed E-state index contributed by atoms with van der Waals surface area (Å²) in [5.74, 6) is 0.0891. The van der Waals surface area contributed by atoms with Crippen molar-refractivity contribution in [1.29, 1.82) is 0 Å². The molecule has 2 aromatic rings. The topological polar surface area (TPSA) is 59.4 Å². The number of hydrogen-bond acceptors (Lipinski definition) is 5. The van der Waals surface area contributed by atoms with E-state index in [9.17, 15) is 9.90 Å². The molecule has 0 aliphatic heterocycles. The number of ether oxygens (including phenoxy) is 1. The average molecular weight is 291 g/mol. The van der Waals surface area contributed by atoms with Crippen molar-refractivity contribution < 1.29 is 14.6 Å². The Balaban J connectivity index is 2.08. The van der Waals surface area contributed by atoms with Crippen LogP contribution in [0, 0.1) is 0 Å². The first-order valence-electron chi connectivity index (χ1n) is 6.50. The summed E-state index contributed by atoms with van der Waals surface area (Å²) in [6.45, 7) is 4.17. The molecular formula is C15H17NO3S. The van der Waals surface area contributed by atoms with Gasteiger partial charge in [-0.25, -0.2) is 4.98 Å². The lowest BCUT2D eigenvalue weighted by Crippen LogP contribution is -2.08. The van der Waals surface area contributed by atoms with Gasteiger partial charge in [-0.1, -0.05) is 6.92 Å². The van der Waals surface area contributed by atoms with Crippen LogP contribution in [0.25, 0.3) is 11.3 Å². The lowest BCUT2D eigenvalue weighted by molar-refractivity contribution is -0.143. The van der Waals surface area contributed by atoms with Crippen molar-refractivity contribution in [3.05, 3.63) is 34.7 Å². The van der Waals surface area contributed by atoms with E-state index >= 15 is 0 Å². The minimum atomic E-state index is -0.193. The van der Waals surface area contributed by atoms with E-state index in [-0.39, 0.29) is 17.6 Å². The van der Waals surface area contributed by atoms with Crippen LogP contribution in [0.1, 0.15) is 31.2 Å². The molecule has 5 heteroatoms. The molecule has 1 aromatic carbocycles. The number of aromatic nitrogens is 1. The summed E-state index contributed by atoms with van der Waals surface area (Å²) >= 11 is 1.54. The molecule has 0 aliphatic carbocycles. The summed E-state index contributed by atoms with van der Waals surface area (Å²) in [5.41, 5.74) is 1.81. The first-order valence-corrected chi connectivity index (χ1v) is 7.38. The summed E-state index contributed by atoms with van der Waals surface area (Å²) < 4.78 is 4.95. The molecule has 1 heterocycles. The van der Waals surface area contributed by atoms with Crippen molar-refractivity contribution in [2.24, 2.45) is 0 Å². The van der Waals surface area contributed by atoms with Crippen LogP contribution in [-0.2, 0) is 9.53 Å². The Kier molecular flexibility index (Phi) is 4.74. The van der Waals surface area contributed by atoms with Crippen LogP contribution < -0.4 is 0 Å². The van der Waals surface area contributed by atoms with E-state index in [4.69, 9.17) is 4.74 Å². The fourth-order valence-corrected chi connectivity index (χ4v) is 2.72. The number of nitrogens with zero attached hydrogens (tertiary/aromatic N) is 1. The Bertz CT molecular complexity index is 577. The van der Waals surface area contributed by atoms with Crippen LogP contribution in [0.4, 0.5) is 0 Å². The van der Waals surface area contributed by atoms with Gasteiger partial charge in [-0.3, -0.25) is 4.79 Å². The van der Waals surface area contributed by atoms with Crippen LogP contribution in [0.5, 0.6) is 5.75 Å². The fraction of sp³-hybridized carbons (Fsp3) is 0.333. The van der Waals surface area contributed by atoms with Crippen molar-refractivity contribution in [3.8, 4) is 17.0 Å². The van der Waals surface area contributed by atoms with Crippen molar-refractivity contribution in [3.63, 3.8) is 0 Å². The van der Waals surface area contributed by atoms with Gasteiger partial charge in [-0.15, -0.1) is 11.3 Å². The van der Waals surface area contributed by atoms with Crippen LogP contribution >= 0.6 is 11.3 Å².